The van der Waals surface area contributed by atoms with Gasteiger partial charge < -0.3 is 20.1 Å². The van der Waals surface area contributed by atoms with Gasteiger partial charge in [-0.1, -0.05) is 6.07 Å². The van der Waals surface area contributed by atoms with Crippen molar-refractivity contribution >= 4 is 17.5 Å². The fraction of sp³-hybridized carbons (Fsp3) is 0.300. The van der Waals surface area contributed by atoms with Crippen molar-refractivity contribution < 1.29 is 19.1 Å². The second kappa shape index (κ2) is 6.37. The first kappa shape index (κ1) is 16.4. The number of urea groups is 1. The maximum absolute atomic E-state index is 12.4. The molecule has 0 aromatic heterocycles. The number of amides is 2. The minimum Gasteiger partial charge on any atom is -0.486 e. The van der Waals surface area contributed by atoms with Crippen LogP contribution in [0.15, 0.2) is 42.5 Å². The van der Waals surface area contributed by atoms with E-state index in [1.165, 1.54) is 6.92 Å². The number of anilines is 1. The van der Waals surface area contributed by atoms with E-state index < -0.39 is 0 Å². The van der Waals surface area contributed by atoms with Gasteiger partial charge in [-0.05, 0) is 61.7 Å². The van der Waals surface area contributed by atoms with Crippen molar-refractivity contribution in [1.29, 1.82) is 0 Å². The number of ketones is 1. The third-order valence-corrected chi connectivity index (χ3v) is 4.75. The second-order valence-corrected chi connectivity index (χ2v) is 6.65. The molecule has 0 spiro atoms. The zero-order valence-electron chi connectivity index (χ0n) is 14.5. The molecule has 1 aliphatic carbocycles. The van der Waals surface area contributed by atoms with Crippen LogP contribution in [-0.4, -0.2) is 25.0 Å². The number of nitrogens with one attached hydrogen (secondary N) is 2. The number of carbonyl (C=O) groups excluding carboxylic acids is 2. The number of rotatable bonds is 4. The number of ether oxygens (including phenoxy) is 2. The molecule has 0 radical (unpaired) electrons. The molecule has 1 saturated carbocycles. The Balaban J connectivity index is 1.44. The summed E-state index contributed by atoms with van der Waals surface area (Å²) in [5, 5.41) is 5.88. The van der Waals surface area contributed by atoms with Crippen LogP contribution in [0.4, 0.5) is 10.5 Å². The average molecular weight is 352 g/mol. The van der Waals surface area contributed by atoms with E-state index >= 15 is 0 Å². The van der Waals surface area contributed by atoms with Crippen LogP contribution in [0.3, 0.4) is 0 Å². The number of benzene rings is 2. The SMILES string of the molecule is CC(=O)c1ccc(NC(=O)NC2(c3ccc4c(c3)OCCO4)CC2)cc1. The summed E-state index contributed by atoms with van der Waals surface area (Å²) < 4.78 is 11.2. The smallest absolute Gasteiger partial charge is 0.319 e. The van der Waals surface area contributed by atoms with Gasteiger partial charge in [-0.25, -0.2) is 4.79 Å². The summed E-state index contributed by atoms with van der Waals surface area (Å²) >= 11 is 0. The van der Waals surface area contributed by atoms with Crippen molar-refractivity contribution in [3.8, 4) is 11.5 Å². The molecule has 1 fully saturated rings. The van der Waals surface area contributed by atoms with Crippen molar-refractivity contribution in [1.82, 2.24) is 5.32 Å². The van der Waals surface area contributed by atoms with E-state index in [9.17, 15) is 9.59 Å². The molecule has 1 heterocycles. The molecule has 6 nitrogen and oxygen atoms in total. The summed E-state index contributed by atoms with van der Waals surface area (Å²) in [7, 11) is 0. The molecule has 2 N–H and O–H groups in total. The Bertz CT molecular complexity index is 857. The van der Waals surface area contributed by atoms with Gasteiger partial charge in [0.25, 0.3) is 0 Å². The molecule has 1 aliphatic heterocycles. The third kappa shape index (κ3) is 3.22. The number of hydrogen-bond donors (Lipinski definition) is 2. The van der Waals surface area contributed by atoms with Crippen LogP contribution < -0.4 is 20.1 Å². The molecule has 6 heteroatoms. The topological polar surface area (TPSA) is 76.7 Å². The molecule has 2 aliphatic rings. The molecule has 26 heavy (non-hydrogen) atoms. The number of carbonyl (C=O) groups is 2. The predicted molar refractivity (Wildman–Crippen MR) is 96.9 cm³/mol. The van der Waals surface area contributed by atoms with E-state index in [-0.39, 0.29) is 17.4 Å². The van der Waals surface area contributed by atoms with Gasteiger partial charge in [0.1, 0.15) is 13.2 Å². The lowest BCUT2D eigenvalue weighted by atomic mass is 10.0. The highest BCUT2D eigenvalue weighted by atomic mass is 16.6. The highest BCUT2D eigenvalue weighted by molar-refractivity contribution is 5.95. The van der Waals surface area contributed by atoms with Crippen LogP contribution >= 0.6 is 0 Å². The Hall–Kier alpha value is -3.02. The van der Waals surface area contributed by atoms with E-state index in [0.717, 1.165) is 29.9 Å². The maximum atomic E-state index is 12.4. The summed E-state index contributed by atoms with van der Waals surface area (Å²) in [4.78, 5) is 23.7. The Morgan fingerprint density at radius 1 is 0.962 bits per heavy atom. The Labute approximate surface area is 151 Å². The minimum atomic E-state index is -0.362. The lowest BCUT2D eigenvalue weighted by Gasteiger charge is -2.23. The average Bonchev–Trinajstić information content (AvgIpc) is 3.42. The number of hydrogen-bond acceptors (Lipinski definition) is 4. The van der Waals surface area contributed by atoms with Gasteiger partial charge in [0.05, 0.1) is 5.54 Å². The van der Waals surface area contributed by atoms with Crippen molar-refractivity contribution in [3.05, 3.63) is 53.6 Å². The summed E-state index contributed by atoms with van der Waals surface area (Å²) in [5.41, 5.74) is 1.92. The Kier molecular flexibility index (Phi) is 4.03. The largest absolute Gasteiger partial charge is 0.486 e. The summed E-state index contributed by atoms with van der Waals surface area (Å²) in [6.45, 7) is 2.60. The van der Waals surface area contributed by atoms with Crippen molar-refractivity contribution in [3.63, 3.8) is 0 Å². The molecule has 0 atom stereocenters. The van der Waals surface area contributed by atoms with Gasteiger partial charge in [-0.15, -0.1) is 0 Å². The minimum absolute atomic E-state index is 0.00320. The lowest BCUT2D eigenvalue weighted by Crippen LogP contribution is -2.38. The van der Waals surface area contributed by atoms with E-state index in [0.29, 0.717) is 24.5 Å². The van der Waals surface area contributed by atoms with Gasteiger partial charge in [-0.3, -0.25) is 4.79 Å². The van der Waals surface area contributed by atoms with Crippen molar-refractivity contribution in [2.24, 2.45) is 0 Å². The molecule has 2 aromatic rings. The van der Waals surface area contributed by atoms with Gasteiger partial charge >= 0.3 is 6.03 Å². The molecular weight excluding hydrogens is 332 g/mol. The zero-order chi connectivity index (χ0) is 18.1. The van der Waals surface area contributed by atoms with Gasteiger partial charge in [-0.2, -0.15) is 0 Å². The molecular formula is C20H20N2O4. The van der Waals surface area contributed by atoms with Crippen molar-refractivity contribution in [2.75, 3.05) is 18.5 Å². The van der Waals surface area contributed by atoms with Gasteiger partial charge in [0.15, 0.2) is 17.3 Å². The first-order valence-corrected chi connectivity index (χ1v) is 8.66. The quantitative estimate of drug-likeness (QED) is 0.826. The van der Waals surface area contributed by atoms with Crippen LogP contribution in [0.5, 0.6) is 11.5 Å². The molecule has 0 saturated heterocycles. The molecule has 2 aromatic carbocycles. The fourth-order valence-electron chi connectivity index (χ4n) is 3.12. The van der Waals surface area contributed by atoms with E-state index in [4.69, 9.17) is 9.47 Å². The maximum Gasteiger partial charge on any atom is 0.319 e. The van der Waals surface area contributed by atoms with Crippen LogP contribution in [-0.2, 0) is 5.54 Å². The van der Waals surface area contributed by atoms with Crippen LogP contribution in [0.2, 0.25) is 0 Å². The van der Waals surface area contributed by atoms with Crippen LogP contribution in [0, 0.1) is 0 Å². The van der Waals surface area contributed by atoms with Gasteiger partial charge in [0.2, 0.25) is 0 Å². The molecule has 0 unspecified atom stereocenters. The highest BCUT2D eigenvalue weighted by Crippen LogP contribution is 2.47. The zero-order valence-corrected chi connectivity index (χ0v) is 14.5. The third-order valence-electron chi connectivity index (χ3n) is 4.75. The predicted octanol–water partition coefficient (Wildman–Crippen LogP) is 3.47. The van der Waals surface area contributed by atoms with E-state index in [2.05, 4.69) is 10.6 Å². The van der Waals surface area contributed by atoms with Crippen LogP contribution in [0.1, 0.15) is 35.7 Å². The monoisotopic (exact) mass is 352 g/mol. The van der Waals surface area contributed by atoms with E-state index in [1.54, 1.807) is 24.3 Å². The summed E-state index contributed by atoms with van der Waals surface area (Å²) in [5.74, 6) is 1.46. The first-order chi connectivity index (χ1) is 12.6. The highest BCUT2D eigenvalue weighted by Gasteiger charge is 2.46. The normalized spacial score (nSPS) is 16.5. The van der Waals surface area contributed by atoms with E-state index in [1.807, 2.05) is 18.2 Å². The molecule has 4 rings (SSSR count). The summed E-state index contributed by atoms with van der Waals surface area (Å²) in [6.07, 6.45) is 1.76. The van der Waals surface area contributed by atoms with Crippen LogP contribution in [0.25, 0.3) is 0 Å². The number of Topliss-reactive ketones (excluding diaryl/α,β-unsaturated/α-hetero) is 1. The molecule has 134 valence electrons. The number of fused-ring (bicyclic) bond motifs is 1. The standard InChI is InChI=1S/C20H20N2O4/c1-13(23)14-2-5-16(6-3-14)21-19(24)22-20(8-9-20)15-4-7-17-18(12-15)26-11-10-25-17/h2-7,12H,8-11H2,1H3,(H2,21,22,24). The first-order valence-electron chi connectivity index (χ1n) is 8.66. The molecule has 2 amide bonds. The van der Waals surface area contributed by atoms with Crippen molar-refractivity contribution in [2.45, 2.75) is 25.3 Å². The Morgan fingerprint density at radius 3 is 2.31 bits per heavy atom. The lowest BCUT2D eigenvalue weighted by molar-refractivity contribution is 0.101. The summed E-state index contributed by atoms with van der Waals surface area (Å²) in [6, 6.07) is 12.4. The Morgan fingerprint density at radius 2 is 1.65 bits per heavy atom. The fourth-order valence-corrected chi connectivity index (χ4v) is 3.12. The second-order valence-electron chi connectivity index (χ2n) is 6.65. The molecule has 0 bridgehead atoms. The van der Waals surface area contributed by atoms with Gasteiger partial charge in [0, 0.05) is 11.3 Å².